The molecule has 5 heterocycles. The van der Waals surface area contributed by atoms with Crippen LogP contribution in [-0.2, 0) is 29.1 Å². The van der Waals surface area contributed by atoms with Crippen LogP contribution in [-0.4, -0.2) is 51.7 Å². The van der Waals surface area contributed by atoms with Gasteiger partial charge in [-0.15, -0.1) is 11.3 Å². The number of thiophene rings is 1. The number of rotatable bonds is 3. The Morgan fingerprint density at radius 3 is 2.90 bits per heavy atom. The Balaban J connectivity index is 1.61. The van der Waals surface area contributed by atoms with E-state index in [0.717, 1.165) is 69.6 Å². The van der Waals surface area contributed by atoms with Crippen LogP contribution in [0.5, 0.6) is 0 Å². The van der Waals surface area contributed by atoms with Gasteiger partial charge >= 0.3 is 0 Å². The van der Waals surface area contributed by atoms with E-state index in [2.05, 4.69) is 35.8 Å². The van der Waals surface area contributed by atoms with Gasteiger partial charge in [0.05, 0.1) is 40.8 Å². The lowest BCUT2D eigenvalue weighted by Gasteiger charge is -2.33. The third kappa shape index (κ3) is 3.64. The molecule has 1 fully saturated rings. The van der Waals surface area contributed by atoms with Crippen LogP contribution < -0.4 is 0 Å². The number of halogens is 1. The van der Waals surface area contributed by atoms with Gasteiger partial charge in [0.1, 0.15) is 16.3 Å². The van der Waals surface area contributed by atoms with Gasteiger partial charge in [-0.05, 0) is 39.3 Å². The molecule has 5 rings (SSSR count). The number of piperidine rings is 1. The van der Waals surface area contributed by atoms with Crippen molar-refractivity contribution in [3.8, 4) is 0 Å². The van der Waals surface area contributed by atoms with Crippen molar-refractivity contribution in [1.82, 2.24) is 19.9 Å². The van der Waals surface area contributed by atoms with Gasteiger partial charge in [-0.2, -0.15) is 0 Å². The number of hydrogen-bond donors (Lipinski definition) is 0. The molecule has 0 spiro atoms. The van der Waals surface area contributed by atoms with E-state index in [4.69, 9.17) is 26.1 Å². The highest BCUT2D eigenvalue weighted by atomic mass is 35.5. The smallest absolute Gasteiger partial charge is 0.150 e. The molecule has 0 saturated carbocycles. The molecule has 0 aromatic carbocycles. The van der Waals surface area contributed by atoms with E-state index in [1.54, 1.807) is 11.3 Å². The quantitative estimate of drug-likeness (QED) is 0.573. The molecule has 3 aromatic rings. The van der Waals surface area contributed by atoms with Gasteiger partial charge in [-0.1, -0.05) is 11.6 Å². The molecule has 1 saturated heterocycles. The average molecular weight is 433 g/mol. The van der Waals surface area contributed by atoms with Crippen LogP contribution in [0, 0.1) is 0 Å². The first-order valence-corrected chi connectivity index (χ1v) is 11.3. The fraction of sp³-hybridized carbons (Fsp3) is 0.571. The van der Waals surface area contributed by atoms with E-state index in [0.29, 0.717) is 18.4 Å². The Morgan fingerprint density at radius 1 is 1.31 bits per heavy atom. The van der Waals surface area contributed by atoms with Crippen LogP contribution in [0.2, 0.25) is 5.15 Å². The monoisotopic (exact) mass is 432 g/mol. The average Bonchev–Trinajstić information content (AvgIpc) is 3.05. The Bertz CT molecular complexity index is 1080. The molecule has 29 heavy (non-hydrogen) atoms. The summed E-state index contributed by atoms with van der Waals surface area (Å²) in [5.74, 6) is 0. The van der Waals surface area contributed by atoms with Gasteiger partial charge in [0, 0.05) is 30.5 Å². The number of pyridine rings is 1. The summed E-state index contributed by atoms with van der Waals surface area (Å²) in [6, 6.07) is 0. The molecular formula is C21H25ClN4O2S. The minimum Gasteiger partial charge on any atom is -0.373 e. The van der Waals surface area contributed by atoms with Crippen molar-refractivity contribution in [3.63, 3.8) is 0 Å². The third-order valence-electron chi connectivity index (χ3n) is 5.99. The highest BCUT2D eigenvalue weighted by molar-refractivity contribution is 7.26. The Morgan fingerprint density at radius 2 is 2.10 bits per heavy atom. The summed E-state index contributed by atoms with van der Waals surface area (Å²) >= 11 is 7.94. The molecule has 6 nitrogen and oxygen atoms in total. The minimum absolute atomic E-state index is 0.214. The summed E-state index contributed by atoms with van der Waals surface area (Å²) in [4.78, 5) is 17.0. The predicted molar refractivity (Wildman–Crippen MR) is 116 cm³/mol. The summed E-state index contributed by atoms with van der Waals surface area (Å²) in [6.07, 6.45) is 4.73. The zero-order valence-electron chi connectivity index (χ0n) is 17.0. The lowest BCUT2D eigenvalue weighted by Crippen LogP contribution is -2.35. The van der Waals surface area contributed by atoms with E-state index in [1.165, 1.54) is 6.33 Å². The molecule has 0 unspecified atom stereocenters. The number of fused-ring (bicyclic) bond motifs is 4. The van der Waals surface area contributed by atoms with Gasteiger partial charge in [0.25, 0.3) is 0 Å². The zero-order valence-corrected chi connectivity index (χ0v) is 18.6. The van der Waals surface area contributed by atoms with Crippen LogP contribution in [0.4, 0.5) is 0 Å². The van der Waals surface area contributed by atoms with Crippen molar-refractivity contribution in [2.75, 3.05) is 20.1 Å². The van der Waals surface area contributed by atoms with E-state index >= 15 is 0 Å². The highest BCUT2D eigenvalue weighted by Gasteiger charge is 2.31. The van der Waals surface area contributed by atoms with Crippen molar-refractivity contribution in [1.29, 1.82) is 0 Å². The lowest BCUT2D eigenvalue weighted by molar-refractivity contribution is -0.0434. The summed E-state index contributed by atoms with van der Waals surface area (Å²) in [5, 5.41) is 1.53. The fourth-order valence-electron chi connectivity index (χ4n) is 4.29. The SMILES string of the molecule is CN1CCC(OCc2c3c(nc4sc5c(Cl)ncnc5c24)CC(C)(C)OC3)CC1. The molecule has 0 amide bonds. The van der Waals surface area contributed by atoms with Crippen molar-refractivity contribution in [3.05, 3.63) is 28.3 Å². The topological polar surface area (TPSA) is 60.4 Å². The number of hydrogen-bond acceptors (Lipinski definition) is 7. The normalized spacial score (nSPS) is 20.4. The molecule has 0 aliphatic carbocycles. The molecule has 0 bridgehead atoms. The predicted octanol–water partition coefficient (Wildman–Crippen LogP) is 4.36. The van der Waals surface area contributed by atoms with Crippen molar-refractivity contribution >= 4 is 43.4 Å². The van der Waals surface area contributed by atoms with Gasteiger partial charge in [0.2, 0.25) is 0 Å². The molecular weight excluding hydrogens is 408 g/mol. The summed E-state index contributed by atoms with van der Waals surface area (Å²) in [6.45, 7) is 7.49. The molecule has 154 valence electrons. The maximum absolute atomic E-state index is 6.41. The maximum atomic E-state index is 6.41. The number of aromatic nitrogens is 3. The second kappa shape index (κ2) is 7.39. The van der Waals surface area contributed by atoms with Crippen molar-refractivity contribution in [2.24, 2.45) is 0 Å². The Labute approximate surface area is 179 Å². The van der Waals surface area contributed by atoms with E-state index < -0.39 is 0 Å². The van der Waals surface area contributed by atoms with Crippen molar-refractivity contribution < 1.29 is 9.47 Å². The van der Waals surface area contributed by atoms with Crippen molar-refractivity contribution in [2.45, 2.75) is 58.0 Å². The van der Waals surface area contributed by atoms with Crippen LogP contribution in [0.1, 0.15) is 43.5 Å². The van der Waals surface area contributed by atoms with Gasteiger partial charge < -0.3 is 14.4 Å². The van der Waals surface area contributed by atoms with Crippen LogP contribution in [0.25, 0.3) is 20.4 Å². The van der Waals surface area contributed by atoms with Gasteiger partial charge in [0.15, 0.2) is 0 Å². The third-order valence-corrected chi connectivity index (χ3v) is 7.47. The number of likely N-dealkylation sites (tertiary alicyclic amines) is 1. The fourth-order valence-corrected chi connectivity index (χ4v) is 5.59. The second-order valence-electron chi connectivity index (χ2n) is 8.68. The molecule has 8 heteroatoms. The van der Waals surface area contributed by atoms with E-state index in [1.807, 2.05) is 0 Å². The first-order valence-electron chi connectivity index (χ1n) is 10.1. The standard InChI is InChI=1S/C21H25ClN4O2S/c1-21(2)8-15-13(10-28-21)14(9-27-12-4-6-26(3)7-5-12)16-17-18(29-20(16)25-15)19(22)24-11-23-17/h11-12H,4-10H2,1-3H3. The van der Waals surface area contributed by atoms with Crippen LogP contribution in [0.15, 0.2) is 6.33 Å². The first kappa shape index (κ1) is 19.6. The van der Waals surface area contributed by atoms with Crippen LogP contribution >= 0.6 is 22.9 Å². The summed E-state index contributed by atoms with van der Waals surface area (Å²) in [5.41, 5.74) is 4.06. The van der Waals surface area contributed by atoms with E-state index in [-0.39, 0.29) is 11.7 Å². The molecule has 2 aliphatic rings. The van der Waals surface area contributed by atoms with Gasteiger partial charge in [-0.25, -0.2) is 15.0 Å². The van der Waals surface area contributed by atoms with E-state index in [9.17, 15) is 0 Å². The summed E-state index contributed by atoms with van der Waals surface area (Å²) < 4.78 is 13.4. The van der Waals surface area contributed by atoms with Crippen LogP contribution in [0.3, 0.4) is 0 Å². The highest BCUT2D eigenvalue weighted by Crippen LogP contribution is 2.41. The second-order valence-corrected chi connectivity index (χ2v) is 10.0. The first-order chi connectivity index (χ1) is 13.9. The molecule has 2 aliphatic heterocycles. The number of ether oxygens (including phenoxy) is 2. The largest absolute Gasteiger partial charge is 0.373 e. The maximum Gasteiger partial charge on any atom is 0.150 e. The Hall–Kier alpha value is -1.38. The Kier molecular flexibility index (Phi) is 4.99. The zero-order chi connectivity index (χ0) is 20.2. The lowest BCUT2D eigenvalue weighted by atomic mass is 9.92. The molecule has 0 N–H and O–H groups in total. The van der Waals surface area contributed by atoms with Gasteiger partial charge in [-0.3, -0.25) is 0 Å². The molecule has 0 radical (unpaired) electrons. The number of nitrogens with zero attached hydrogens (tertiary/aromatic N) is 4. The molecule has 0 atom stereocenters. The summed E-state index contributed by atoms with van der Waals surface area (Å²) in [7, 11) is 2.17. The molecule has 3 aromatic heterocycles. The minimum atomic E-state index is -0.214.